The summed E-state index contributed by atoms with van der Waals surface area (Å²) in [7, 11) is 3.72. The number of halogens is 3. The van der Waals surface area contributed by atoms with Crippen LogP contribution in [0.3, 0.4) is 0 Å². The van der Waals surface area contributed by atoms with Crippen molar-refractivity contribution in [1.82, 2.24) is 19.3 Å². The van der Waals surface area contributed by atoms with Gasteiger partial charge in [0.05, 0.1) is 17.9 Å². The highest BCUT2D eigenvalue weighted by molar-refractivity contribution is 7.97. The molecular weight excluding hydrogens is 363 g/mol. The summed E-state index contributed by atoms with van der Waals surface area (Å²) >= 11 is 1.45. The first kappa shape index (κ1) is 19.0. The van der Waals surface area contributed by atoms with E-state index in [0.29, 0.717) is 18.7 Å². The number of anilines is 1. The quantitative estimate of drug-likeness (QED) is 0.754. The van der Waals surface area contributed by atoms with E-state index < -0.39 is 12.1 Å². The van der Waals surface area contributed by atoms with Crippen LogP contribution in [0.15, 0.2) is 29.7 Å². The molecule has 1 saturated carbocycles. The third kappa shape index (κ3) is 4.50. The minimum atomic E-state index is -4.09. The summed E-state index contributed by atoms with van der Waals surface area (Å²) in [5.74, 6) is -0.516. The highest BCUT2D eigenvalue weighted by Gasteiger charge is 2.41. The third-order valence-electron chi connectivity index (χ3n) is 4.59. The zero-order valence-corrected chi connectivity index (χ0v) is 15.5. The fraction of sp³-hybridized carbons (Fsp3) is 0.529. The van der Waals surface area contributed by atoms with Gasteiger partial charge in [0.25, 0.3) is 0 Å². The van der Waals surface area contributed by atoms with Crippen LogP contribution < -0.4 is 10.0 Å². The first-order valence-electron chi connectivity index (χ1n) is 8.52. The van der Waals surface area contributed by atoms with Crippen LogP contribution in [-0.4, -0.2) is 33.8 Å². The number of pyridine rings is 1. The lowest BCUT2D eigenvalue weighted by atomic mass is 9.85. The number of hydrogen-bond acceptors (Lipinski definition) is 5. The second kappa shape index (κ2) is 7.87. The number of aryl methyl sites for hydroxylation is 1. The summed E-state index contributed by atoms with van der Waals surface area (Å²) in [4.78, 5) is 9.84. The molecule has 0 saturated heterocycles. The van der Waals surface area contributed by atoms with E-state index in [1.165, 1.54) is 11.9 Å². The lowest BCUT2D eigenvalue weighted by Gasteiger charge is -2.31. The van der Waals surface area contributed by atoms with Gasteiger partial charge in [0.1, 0.15) is 5.82 Å². The normalized spacial score (nSPS) is 21.0. The van der Waals surface area contributed by atoms with E-state index >= 15 is 0 Å². The number of nitrogens with zero attached hydrogens (tertiary/aromatic N) is 3. The highest BCUT2D eigenvalue weighted by Crippen LogP contribution is 2.39. The average molecular weight is 385 g/mol. The molecule has 26 heavy (non-hydrogen) atoms. The second-order valence-electron chi connectivity index (χ2n) is 6.53. The summed E-state index contributed by atoms with van der Waals surface area (Å²) in [6.45, 7) is 0. The molecule has 142 valence electrons. The Labute approximate surface area is 154 Å². The van der Waals surface area contributed by atoms with E-state index in [-0.39, 0.29) is 18.9 Å². The largest absolute Gasteiger partial charge is 0.391 e. The number of imidazole rings is 1. The molecule has 5 nitrogen and oxygen atoms in total. The molecule has 2 heterocycles. The van der Waals surface area contributed by atoms with E-state index in [4.69, 9.17) is 0 Å². The second-order valence-corrected chi connectivity index (χ2v) is 7.62. The van der Waals surface area contributed by atoms with Crippen molar-refractivity contribution in [1.29, 1.82) is 0 Å². The fourth-order valence-corrected chi connectivity index (χ4v) is 3.76. The first-order chi connectivity index (χ1) is 12.4. The standard InChI is InChI=1S/C17H22F3N5S/c1-21-26-13-7-14(15-9-25(2)10-23-15)16(22-8-13)24-12-5-3-11(4-6-12)17(18,19)20/h7-12,21H,3-6H2,1-2H3,(H,22,24). The molecule has 0 unspecified atom stereocenters. The Morgan fingerprint density at radius 1 is 1.19 bits per heavy atom. The maximum absolute atomic E-state index is 12.8. The summed E-state index contributed by atoms with van der Waals surface area (Å²) in [6, 6.07) is 1.98. The van der Waals surface area contributed by atoms with E-state index in [2.05, 4.69) is 20.0 Å². The monoisotopic (exact) mass is 385 g/mol. The van der Waals surface area contributed by atoms with Crippen LogP contribution in [0, 0.1) is 5.92 Å². The van der Waals surface area contributed by atoms with Crippen molar-refractivity contribution in [3.63, 3.8) is 0 Å². The van der Waals surface area contributed by atoms with Gasteiger partial charge >= 0.3 is 6.18 Å². The van der Waals surface area contributed by atoms with Crippen molar-refractivity contribution in [2.45, 2.75) is 42.8 Å². The predicted octanol–water partition coefficient (Wildman–Crippen LogP) is 4.24. The van der Waals surface area contributed by atoms with Crippen LogP contribution in [0.1, 0.15) is 25.7 Å². The van der Waals surface area contributed by atoms with Crippen LogP contribution in [-0.2, 0) is 7.05 Å². The van der Waals surface area contributed by atoms with Crippen LogP contribution >= 0.6 is 11.9 Å². The van der Waals surface area contributed by atoms with Gasteiger partial charge in [-0.3, -0.25) is 4.72 Å². The molecule has 9 heteroatoms. The number of nitrogens with one attached hydrogen (secondary N) is 2. The Hall–Kier alpha value is -1.74. The molecule has 1 aliphatic carbocycles. The van der Waals surface area contributed by atoms with Crippen molar-refractivity contribution in [2.24, 2.45) is 13.0 Å². The summed E-state index contributed by atoms with van der Waals surface area (Å²) < 4.78 is 43.4. The van der Waals surface area contributed by atoms with Crippen molar-refractivity contribution < 1.29 is 13.2 Å². The maximum Gasteiger partial charge on any atom is 0.391 e. The Kier molecular flexibility index (Phi) is 5.76. The minimum absolute atomic E-state index is 0.00799. The van der Waals surface area contributed by atoms with Crippen LogP contribution in [0.5, 0.6) is 0 Å². The molecule has 3 rings (SSSR count). The van der Waals surface area contributed by atoms with E-state index in [0.717, 1.165) is 16.2 Å². The number of rotatable bonds is 5. The molecule has 0 bridgehead atoms. The molecule has 0 aromatic carbocycles. The van der Waals surface area contributed by atoms with Gasteiger partial charge in [0.2, 0.25) is 0 Å². The molecule has 1 fully saturated rings. The SMILES string of the molecule is CNSc1cnc(NC2CCC(C(F)(F)F)CC2)c(-c2cn(C)cn2)c1. The molecular formula is C17H22F3N5S. The van der Waals surface area contributed by atoms with Crippen molar-refractivity contribution in [3.8, 4) is 11.3 Å². The molecule has 1 aliphatic rings. The van der Waals surface area contributed by atoms with Gasteiger partial charge in [0.15, 0.2) is 0 Å². The van der Waals surface area contributed by atoms with Gasteiger partial charge in [-0.1, -0.05) is 0 Å². The lowest BCUT2D eigenvalue weighted by molar-refractivity contribution is -0.182. The van der Waals surface area contributed by atoms with Crippen LogP contribution in [0.4, 0.5) is 19.0 Å². The molecule has 2 aromatic heterocycles. The zero-order valence-electron chi connectivity index (χ0n) is 14.7. The van der Waals surface area contributed by atoms with Gasteiger partial charge in [-0.25, -0.2) is 9.97 Å². The maximum atomic E-state index is 12.8. The Morgan fingerprint density at radius 3 is 2.50 bits per heavy atom. The van der Waals surface area contributed by atoms with Gasteiger partial charge in [-0.15, -0.1) is 0 Å². The van der Waals surface area contributed by atoms with Crippen molar-refractivity contribution in [3.05, 3.63) is 24.8 Å². The Balaban J connectivity index is 1.77. The zero-order chi connectivity index (χ0) is 18.7. The molecule has 2 N–H and O–H groups in total. The topological polar surface area (TPSA) is 54.8 Å². The predicted molar refractivity (Wildman–Crippen MR) is 96.8 cm³/mol. The smallest absolute Gasteiger partial charge is 0.367 e. The minimum Gasteiger partial charge on any atom is -0.367 e. The van der Waals surface area contributed by atoms with Crippen LogP contribution in [0.25, 0.3) is 11.3 Å². The highest BCUT2D eigenvalue weighted by atomic mass is 32.2. The number of aromatic nitrogens is 3. The van der Waals surface area contributed by atoms with E-state index in [9.17, 15) is 13.2 Å². The molecule has 0 amide bonds. The summed E-state index contributed by atoms with van der Waals surface area (Å²) in [5, 5.41) is 3.34. The Bertz CT molecular complexity index is 738. The molecule has 2 aromatic rings. The average Bonchev–Trinajstić information content (AvgIpc) is 3.02. The van der Waals surface area contributed by atoms with Crippen LogP contribution in [0.2, 0.25) is 0 Å². The number of hydrogen-bond donors (Lipinski definition) is 2. The fourth-order valence-electron chi connectivity index (χ4n) is 3.24. The van der Waals surface area contributed by atoms with Crippen molar-refractivity contribution >= 4 is 17.8 Å². The Morgan fingerprint density at radius 2 is 1.92 bits per heavy atom. The first-order valence-corrected chi connectivity index (χ1v) is 9.33. The molecule has 0 spiro atoms. The van der Waals surface area contributed by atoms with Gasteiger partial charge in [-0.2, -0.15) is 13.2 Å². The summed E-state index contributed by atoms with van der Waals surface area (Å²) in [5.41, 5.74) is 1.63. The number of alkyl halides is 3. The molecule has 0 aliphatic heterocycles. The van der Waals surface area contributed by atoms with Gasteiger partial charge in [0, 0.05) is 35.9 Å². The summed E-state index contributed by atoms with van der Waals surface area (Å²) in [6.07, 6.45) is 2.57. The lowest BCUT2D eigenvalue weighted by Crippen LogP contribution is -2.33. The van der Waals surface area contributed by atoms with E-state index in [1.54, 1.807) is 12.5 Å². The third-order valence-corrected chi connectivity index (χ3v) is 5.26. The van der Waals surface area contributed by atoms with Crippen molar-refractivity contribution in [2.75, 3.05) is 12.4 Å². The molecule has 0 atom stereocenters. The van der Waals surface area contributed by atoms with Gasteiger partial charge in [-0.05, 0) is 50.7 Å². The van der Waals surface area contributed by atoms with E-state index in [1.807, 2.05) is 30.9 Å². The van der Waals surface area contributed by atoms with Gasteiger partial charge < -0.3 is 9.88 Å². The molecule has 0 radical (unpaired) electrons.